The molecule has 200 valence electrons. The number of piperazine rings is 1. The molecule has 0 radical (unpaired) electrons. The zero-order chi connectivity index (χ0) is 25.3. The number of carbonyl (C=O) groups is 2. The van der Waals surface area contributed by atoms with Gasteiger partial charge in [-0.15, -0.1) is 0 Å². The summed E-state index contributed by atoms with van der Waals surface area (Å²) in [5, 5.41) is -0.540. The summed E-state index contributed by atoms with van der Waals surface area (Å²) in [6.45, 7) is 8.95. The summed E-state index contributed by atoms with van der Waals surface area (Å²) >= 11 is 0. The smallest absolute Gasteiger partial charge is 0.410 e. The van der Waals surface area contributed by atoms with Crippen molar-refractivity contribution in [2.45, 2.75) is 120 Å². The van der Waals surface area contributed by atoms with Crippen LogP contribution < -0.4 is 0 Å². The highest BCUT2D eigenvalue weighted by molar-refractivity contribution is 7.92. The van der Waals surface area contributed by atoms with Gasteiger partial charge in [0.05, 0.1) is 35.8 Å². The monoisotopic (exact) mass is 512 g/mol. The topological polar surface area (TPSA) is 93.2 Å². The van der Waals surface area contributed by atoms with Gasteiger partial charge >= 0.3 is 6.09 Å². The molecule has 2 aliphatic carbocycles. The van der Waals surface area contributed by atoms with Crippen molar-refractivity contribution in [3.8, 4) is 0 Å². The van der Waals surface area contributed by atoms with E-state index < -0.39 is 9.84 Å². The number of ether oxygens (including phenoxy) is 2. The van der Waals surface area contributed by atoms with Crippen molar-refractivity contribution in [2.24, 2.45) is 11.8 Å². The van der Waals surface area contributed by atoms with Crippen LogP contribution in [-0.2, 0) is 24.1 Å². The largest absolute Gasteiger partial charge is 0.446 e. The Kier molecular flexibility index (Phi) is 8.36. The third-order valence-corrected chi connectivity index (χ3v) is 11.8. The van der Waals surface area contributed by atoms with Gasteiger partial charge in [-0.05, 0) is 77.6 Å². The van der Waals surface area contributed by atoms with Gasteiger partial charge < -0.3 is 19.3 Å². The minimum Gasteiger partial charge on any atom is -0.446 e. The predicted octanol–water partition coefficient (Wildman–Crippen LogP) is 3.77. The molecule has 4 rings (SSSR count). The molecule has 0 aromatic carbocycles. The van der Waals surface area contributed by atoms with Crippen molar-refractivity contribution < 1.29 is 27.5 Å². The van der Waals surface area contributed by atoms with Crippen LogP contribution in [0.5, 0.6) is 0 Å². The fraction of sp³-hybridized carbons (Fsp3) is 0.923. The number of rotatable bonds is 4. The maximum Gasteiger partial charge on any atom is 0.410 e. The minimum atomic E-state index is -3.05. The van der Waals surface area contributed by atoms with E-state index in [1.54, 1.807) is 20.8 Å². The van der Waals surface area contributed by atoms with Crippen LogP contribution >= 0.6 is 0 Å². The molecule has 3 unspecified atom stereocenters. The highest BCUT2D eigenvalue weighted by Crippen LogP contribution is 2.44. The van der Waals surface area contributed by atoms with E-state index >= 15 is 0 Å². The SMILES string of the molecule is CC(=O)N1C2CCC(C3CCC(S(=O)(=O)C(C)C)CC3)CC2N(C(=O)OC2CCOCC2)C[C@@H]1C. The molecule has 4 atom stereocenters. The van der Waals surface area contributed by atoms with Crippen LogP contribution in [0.3, 0.4) is 0 Å². The van der Waals surface area contributed by atoms with E-state index in [2.05, 4.69) is 0 Å². The summed E-state index contributed by atoms with van der Waals surface area (Å²) in [4.78, 5) is 29.8. The molecule has 2 saturated heterocycles. The van der Waals surface area contributed by atoms with Gasteiger partial charge in [-0.25, -0.2) is 13.2 Å². The van der Waals surface area contributed by atoms with Gasteiger partial charge in [0.25, 0.3) is 0 Å². The molecule has 8 nitrogen and oxygen atoms in total. The van der Waals surface area contributed by atoms with Gasteiger partial charge in [0, 0.05) is 32.4 Å². The Morgan fingerprint density at radius 1 is 0.914 bits per heavy atom. The molecule has 0 aromatic heterocycles. The molecule has 0 aromatic rings. The lowest BCUT2D eigenvalue weighted by atomic mass is 9.69. The number of nitrogens with zero attached hydrogens (tertiary/aromatic N) is 2. The molecule has 35 heavy (non-hydrogen) atoms. The van der Waals surface area contributed by atoms with Gasteiger partial charge in [0.1, 0.15) is 6.10 Å². The van der Waals surface area contributed by atoms with Gasteiger partial charge in [-0.2, -0.15) is 0 Å². The van der Waals surface area contributed by atoms with Crippen molar-refractivity contribution in [1.82, 2.24) is 9.80 Å². The Balaban J connectivity index is 1.45. The quantitative estimate of drug-likeness (QED) is 0.569. The predicted molar refractivity (Wildman–Crippen MR) is 134 cm³/mol. The lowest BCUT2D eigenvalue weighted by Gasteiger charge is -2.54. The average Bonchev–Trinajstić information content (AvgIpc) is 2.83. The van der Waals surface area contributed by atoms with Crippen molar-refractivity contribution in [1.29, 1.82) is 0 Å². The first-order chi connectivity index (χ1) is 16.6. The minimum absolute atomic E-state index is 0.0207. The molecule has 0 spiro atoms. The van der Waals surface area contributed by atoms with E-state index in [0.29, 0.717) is 31.6 Å². The molecule has 2 amide bonds. The van der Waals surface area contributed by atoms with E-state index in [9.17, 15) is 18.0 Å². The summed E-state index contributed by atoms with van der Waals surface area (Å²) < 4.78 is 36.7. The second-order valence-electron chi connectivity index (χ2n) is 11.5. The second kappa shape index (κ2) is 11.0. The van der Waals surface area contributed by atoms with E-state index in [-0.39, 0.29) is 46.7 Å². The van der Waals surface area contributed by atoms with Crippen molar-refractivity contribution in [2.75, 3.05) is 19.8 Å². The fourth-order valence-corrected chi connectivity index (χ4v) is 8.82. The van der Waals surface area contributed by atoms with Crippen molar-refractivity contribution in [3.05, 3.63) is 0 Å². The van der Waals surface area contributed by atoms with Crippen LogP contribution in [0.15, 0.2) is 0 Å². The highest BCUT2D eigenvalue weighted by atomic mass is 32.2. The molecule has 4 aliphatic rings. The number of hydrogen-bond donors (Lipinski definition) is 0. The average molecular weight is 513 g/mol. The fourth-order valence-electron chi connectivity index (χ4n) is 7.12. The zero-order valence-corrected chi connectivity index (χ0v) is 22.7. The molecule has 0 bridgehead atoms. The third kappa shape index (κ3) is 5.65. The van der Waals surface area contributed by atoms with Crippen molar-refractivity contribution in [3.63, 3.8) is 0 Å². The van der Waals surface area contributed by atoms with Crippen LogP contribution in [0, 0.1) is 11.8 Å². The summed E-state index contributed by atoms with van der Waals surface area (Å²) in [5.41, 5.74) is 0. The lowest BCUT2D eigenvalue weighted by Crippen LogP contribution is -2.67. The Labute approximate surface area is 211 Å². The highest BCUT2D eigenvalue weighted by Gasteiger charge is 2.48. The van der Waals surface area contributed by atoms with E-state index in [0.717, 1.165) is 57.8 Å². The lowest BCUT2D eigenvalue weighted by molar-refractivity contribution is -0.143. The first kappa shape index (κ1) is 26.7. The zero-order valence-electron chi connectivity index (χ0n) is 21.9. The Morgan fingerprint density at radius 2 is 1.54 bits per heavy atom. The summed E-state index contributed by atoms with van der Waals surface area (Å²) in [6, 6.07) is -0.0603. The van der Waals surface area contributed by atoms with Crippen LogP contribution in [0.1, 0.15) is 85.5 Å². The standard InChI is InChI=1S/C26H44N2O6S/c1-17(2)35(31,32)23-8-5-20(6-9-23)21-7-10-24-25(15-21)27(16-18(3)28(24)19(4)29)26(30)34-22-11-13-33-14-12-22/h17-18,20-25H,5-16H2,1-4H3/t18-,20?,21?,23?,24?,25?/m0/s1. The van der Waals surface area contributed by atoms with Crippen LogP contribution in [0.2, 0.25) is 0 Å². The number of carbonyl (C=O) groups excluding carboxylic acids is 2. The second-order valence-corrected chi connectivity index (χ2v) is 14.3. The Bertz CT molecular complexity index is 863. The summed E-state index contributed by atoms with van der Waals surface area (Å²) in [7, 11) is -3.05. The van der Waals surface area contributed by atoms with Crippen molar-refractivity contribution >= 4 is 21.8 Å². The van der Waals surface area contributed by atoms with Gasteiger partial charge in [-0.3, -0.25) is 4.79 Å². The molecule has 2 heterocycles. The van der Waals surface area contributed by atoms with Crippen LogP contribution in [0.4, 0.5) is 4.79 Å². The number of hydrogen-bond acceptors (Lipinski definition) is 6. The van der Waals surface area contributed by atoms with Crippen LogP contribution in [-0.4, -0.2) is 84.7 Å². The molecule has 0 N–H and O–H groups in total. The van der Waals surface area contributed by atoms with E-state index in [4.69, 9.17) is 9.47 Å². The molecule has 2 saturated carbocycles. The molecule has 4 fully saturated rings. The Morgan fingerprint density at radius 3 is 2.14 bits per heavy atom. The third-order valence-electron chi connectivity index (χ3n) is 9.06. The van der Waals surface area contributed by atoms with E-state index in [1.807, 2.05) is 16.7 Å². The summed E-state index contributed by atoms with van der Waals surface area (Å²) in [5.74, 6) is 0.996. The van der Waals surface area contributed by atoms with Crippen LogP contribution in [0.25, 0.3) is 0 Å². The van der Waals surface area contributed by atoms with Gasteiger partial charge in [0.2, 0.25) is 5.91 Å². The normalized spacial score (nSPS) is 35.0. The van der Waals surface area contributed by atoms with Gasteiger partial charge in [0.15, 0.2) is 9.84 Å². The molecule has 2 aliphatic heterocycles. The summed E-state index contributed by atoms with van der Waals surface area (Å²) in [6.07, 6.45) is 7.19. The molecule has 9 heteroatoms. The number of fused-ring (bicyclic) bond motifs is 1. The number of amides is 2. The first-order valence-corrected chi connectivity index (χ1v) is 15.3. The van der Waals surface area contributed by atoms with Gasteiger partial charge in [-0.1, -0.05) is 0 Å². The first-order valence-electron chi connectivity index (χ1n) is 13.7. The maximum atomic E-state index is 13.3. The maximum absolute atomic E-state index is 13.3. The Hall–Kier alpha value is -1.35. The van der Waals surface area contributed by atoms with E-state index in [1.165, 1.54) is 0 Å². The number of sulfone groups is 1. The molecular weight excluding hydrogens is 468 g/mol. The molecular formula is C26H44N2O6S.